The van der Waals surface area contributed by atoms with Gasteiger partial charge in [0.1, 0.15) is 23.2 Å². The van der Waals surface area contributed by atoms with Crippen LogP contribution >= 0.6 is 11.6 Å². The number of aryl methyl sites for hydroxylation is 1. The van der Waals surface area contributed by atoms with Crippen molar-refractivity contribution < 1.29 is 9.21 Å². The zero-order valence-corrected chi connectivity index (χ0v) is 11.4. The van der Waals surface area contributed by atoms with Gasteiger partial charge in [-0.3, -0.25) is 4.79 Å². The van der Waals surface area contributed by atoms with Crippen molar-refractivity contribution in [1.82, 2.24) is 0 Å². The Hall–Kier alpha value is -2.51. The summed E-state index contributed by atoms with van der Waals surface area (Å²) < 4.78 is 5.31. The van der Waals surface area contributed by atoms with Crippen LogP contribution in [0.1, 0.15) is 11.5 Å². The van der Waals surface area contributed by atoms with E-state index in [9.17, 15) is 4.79 Å². The first-order chi connectivity index (χ1) is 9.58. The molecule has 1 aromatic carbocycles. The summed E-state index contributed by atoms with van der Waals surface area (Å²) >= 11 is 5.76. The molecule has 1 amide bonds. The average Bonchev–Trinajstić information content (AvgIpc) is 2.84. The number of amides is 1. The summed E-state index contributed by atoms with van der Waals surface area (Å²) in [7, 11) is 0. The van der Waals surface area contributed by atoms with Crippen LogP contribution in [0.4, 0.5) is 5.69 Å². The second kappa shape index (κ2) is 6.09. The fraction of sp³-hybridized carbons (Fsp3) is 0.0667. The smallest absolute Gasteiger partial charge is 0.266 e. The molecule has 0 spiro atoms. The number of carbonyl (C=O) groups is 1. The van der Waals surface area contributed by atoms with Gasteiger partial charge in [0.25, 0.3) is 5.91 Å². The highest BCUT2D eigenvalue weighted by molar-refractivity contribution is 6.30. The van der Waals surface area contributed by atoms with Gasteiger partial charge in [-0.05, 0) is 43.3 Å². The van der Waals surface area contributed by atoms with Gasteiger partial charge in [0.2, 0.25) is 0 Å². The van der Waals surface area contributed by atoms with E-state index in [0.29, 0.717) is 22.2 Å². The zero-order valence-electron chi connectivity index (χ0n) is 10.7. The van der Waals surface area contributed by atoms with E-state index >= 15 is 0 Å². The summed E-state index contributed by atoms with van der Waals surface area (Å²) in [5, 5.41) is 12.2. The van der Waals surface area contributed by atoms with Crippen molar-refractivity contribution in [3.8, 4) is 6.07 Å². The third-order valence-corrected chi connectivity index (χ3v) is 2.77. The Bertz CT molecular complexity index is 693. The molecule has 4 nitrogen and oxygen atoms in total. The van der Waals surface area contributed by atoms with Crippen molar-refractivity contribution in [3.05, 3.63) is 58.5 Å². The largest absolute Gasteiger partial charge is 0.462 e. The fourth-order valence-electron chi connectivity index (χ4n) is 1.55. The van der Waals surface area contributed by atoms with E-state index in [4.69, 9.17) is 21.3 Å². The molecule has 0 atom stereocenters. The van der Waals surface area contributed by atoms with E-state index in [1.54, 1.807) is 43.3 Å². The molecule has 0 radical (unpaired) electrons. The van der Waals surface area contributed by atoms with Crippen LogP contribution in [0, 0.1) is 18.3 Å². The number of hydrogen-bond donors (Lipinski definition) is 1. The van der Waals surface area contributed by atoms with E-state index in [1.807, 2.05) is 6.07 Å². The van der Waals surface area contributed by atoms with Gasteiger partial charge in [0.05, 0.1) is 0 Å². The van der Waals surface area contributed by atoms with Gasteiger partial charge in [0, 0.05) is 16.8 Å². The normalized spacial score (nSPS) is 10.9. The Labute approximate surface area is 121 Å². The first-order valence-electron chi connectivity index (χ1n) is 5.83. The van der Waals surface area contributed by atoms with Crippen molar-refractivity contribution >= 4 is 29.3 Å². The predicted molar refractivity (Wildman–Crippen MR) is 77.1 cm³/mol. The minimum Gasteiger partial charge on any atom is -0.462 e. The van der Waals surface area contributed by atoms with Crippen LogP contribution in [0.25, 0.3) is 6.08 Å². The van der Waals surface area contributed by atoms with Crippen LogP contribution in [0.3, 0.4) is 0 Å². The first-order valence-corrected chi connectivity index (χ1v) is 6.21. The van der Waals surface area contributed by atoms with Crippen molar-refractivity contribution in [1.29, 1.82) is 5.26 Å². The number of rotatable bonds is 3. The number of halogens is 1. The van der Waals surface area contributed by atoms with Gasteiger partial charge in [-0.15, -0.1) is 0 Å². The molecule has 5 heteroatoms. The molecule has 20 heavy (non-hydrogen) atoms. The van der Waals surface area contributed by atoms with Crippen LogP contribution < -0.4 is 5.32 Å². The summed E-state index contributed by atoms with van der Waals surface area (Å²) in [6, 6.07) is 11.9. The van der Waals surface area contributed by atoms with E-state index < -0.39 is 5.91 Å². The monoisotopic (exact) mass is 286 g/mol. The Morgan fingerprint density at radius 2 is 2.00 bits per heavy atom. The number of benzene rings is 1. The maximum atomic E-state index is 12.0. The van der Waals surface area contributed by atoms with Crippen molar-refractivity contribution in [2.45, 2.75) is 6.92 Å². The van der Waals surface area contributed by atoms with Crippen LogP contribution in [0.2, 0.25) is 5.02 Å². The molecule has 0 fully saturated rings. The molecule has 0 saturated carbocycles. The maximum absolute atomic E-state index is 12.0. The van der Waals surface area contributed by atoms with Crippen molar-refractivity contribution in [3.63, 3.8) is 0 Å². The van der Waals surface area contributed by atoms with Gasteiger partial charge in [-0.1, -0.05) is 11.6 Å². The van der Waals surface area contributed by atoms with Gasteiger partial charge in [0.15, 0.2) is 0 Å². The molecule has 0 bridgehead atoms. The molecule has 1 heterocycles. The molecule has 2 aromatic rings. The van der Waals surface area contributed by atoms with Crippen LogP contribution in [0.5, 0.6) is 0 Å². The highest BCUT2D eigenvalue weighted by Gasteiger charge is 2.10. The second-order valence-electron chi connectivity index (χ2n) is 4.08. The lowest BCUT2D eigenvalue weighted by Crippen LogP contribution is -2.13. The number of nitrogens with zero attached hydrogens (tertiary/aromatic N) is 1. The van der Waals surface area contributed by atoms with Crippen LogP contribution in [-0.2, 0) is 4.79 Å². The lowest BCUT2D eigenvalue weighted by atomic mass is 10.2. The molecular formula is C15H11ClN2O2. The zero-order chi connectivity index (χ0) is 14.5. The first kappa shape index (κ1) is 13.9. The average molecular weight is 287 g/mol. The topological polar surface area (TPSA) is 66.0 Å². The van der Waals surface area contributed by atoms with Gasteiger partial charge >= 0.3 is 0 Å². The Morgan fingerprint density at radius 1 is 1.30 bits per heavy atom. The van der Waals surface area contributed by atoms with Crippen molar-refractivity contribution in [2.24, 2.45) is 0 Å². The highest BCUT2D eigenvalue weighted by atomic mass is 35.5. The van der Waals surface area contributed by atoms with Crippen molar-refractivity contribution in [2.75, 3.05) is 5.32 Å². The number of hydrogen-bond acceptors (Lipinski definition) is 3. The van der Waals surface area contributed by atoms with Gasteiger partial charge < -0.3 is 9.73 Å². The second-order valence-corrected chi connectivity index (χ2v) is 4.52. The summed E-state index contributed by atoms with van der Waals surface area (Å²) in [4.78, 5) is 12.0. The van der Waals surface area contributed by atoms with E-state index in [0.717, 1.165) is 0 Å². The van der Waals surface area contributed by atoms with E-state index in [1.165, 1.54) is 6.08 Å². The standard InChI is InChI=1S/C15H11ClN2O2/c1-10-2-7-14(20-10)8-11(9-17)15(19)18-13-5-3-12(16)4-6-13/h2-8H,1H3,(H,18,19)/b11-8+. The number of anilines is 1. The predicted octanol–water partition coefficient (Wildman–Crippen LogP) is 3.79. The number of carbonyl (C=O) groups excluding carboxylic acids is 1. The van der Waals surface area contributed by atoms with Crippen LogP contribution in [-0.4, -0.2) is 5.91 Å². The highest BCUT2D eigenvalue weighted by Crippen LogP contribution is 2.15. The Kier molecular flexibility index (Phi) is 4.24. The lowest BCUT2D eigenvalue weighted by molar-refractivity contribution is -0.112. The molecule has 100 valence electrons. The lowest BCUT2D eigenvalue weighted by Gasteiger charge is -2.03. The maximum Gasteiger partial charge on any atom is 0.266 e. The molecule has 2 rings (SSSR count). The number of nitriles is 1. The summed E-state index contributed by atoms with van der Waals surface area (Å²) in [5.41, 5.74) is 0.533. The molecule has 0 aliphatic carbocycles. The summed E-state index contributed by atoms with van der Waals surface area (Å²) in [6.07, 6.45) is 1.40. The molecule has 0 unspecified atom stereocenters. The molecular weight excluding hydrogens is 276 g/mol. The SMILES string of the molecule is Cc1ccc(/C=C(\C#N)C(=O)Nc2ccc(Cl)cc2)o1. The van der Waals surface area contributed by atoms with Gasteiger partial charge in [-0.2, -0.15) is 5.26 Å². The third-order valence-electron chi connectivity index (χ3n) is 2.51. The Balaban J connectivity index is 2.16. The minimum atomic E-state index is -0.496. The fourth-order valence-corrected chi connectivity index (χ4v) is 1.68. The number of furan rings is 1. The molecule has 0 aliphatic heterocycles. The summed E-state index contributed by atoms with van der Waals surface area (Å²) in [5.74, 6) is 0.681. The third kappa shape index (κ3) is 3.50. The molecule has 1 N–H and O–H groups in total. The Morgan fingerprint density at radius 3 is 2.55 bits per heavy atom. The van der Waals surface area contributed by atoms with E-state index in [-0.39, 0.29) is 5.57 Å². The molecule has 0 saturated heterocycles. The number of nitrogens with one attached hydrogen (secondary N) is 1. The molecule has 1 aromatic heterocycles. The quantitative estimate of drug-likeness (QED) is 0.689. The summed E-state index contributed by atoms with van der Waals surface area (Å²) in [6.45, 7) is 1.79. The van der Waals surface area contributed by atoms with E-state index in [2.05, 4.69) is 5.32 Å². The van der Waals surface area contributed by atoms with Crippen LogP contribution in [0.15, 0.2) is 46.4 Å². The molecule has 0 aliphatic rings. The minimum absolute atomic E-state index is 0.0331. The van der Waals surface area contributed by atoms with Gasteiger partial charge in [-0.25, -0.2) is 0 Å².